The Hall–Kier alpha value is -1.71. The van der Waals surface area contributed by atoms with Gasteiger partial charge >= 0.3 is 0 Å². The standard InChI is InChI=1S/C17H27N3O/c1-3-18-17(20-11-5-6-14(2)13-20)19-10-9-15-7-4-8-16(21)12-15/h4,7-8,12,14,21H,3,5-6,9-11,13H2,1-2H3,(H,18,19). The Labute approximate surface area is 127 Å². The number of likely N-dealkylation sites (tertiary alicyclic amines) is 1. The first-order chi connectivity index (χ1) is 10.2. The van der Waals surface area contributed by atoms with Crippen LogP contribution in [0.25, 0.3) is 0 Å². The summed E-state index contributed by atoms with van der Waals surface area (Å²) >= 11 is 0. The van der Waals surface area contributed by atoms with Crippen molar-refractivity contribution in [3.8, 4) is 5.75 Å². The molecule has 1 aliphatic rings. The minimum absolute atomic E-state index is 0.327. The van der Waals surface area contributed by atoms with Gasteiger partial charge in [-0.3, -0.25) is 4.99 Å². The maximum Gasteiger partial charge on any atom is 0.193 e. The zero-order valence-electron chi connectivity index (χ0n) is 13.2. The van der Waals surface area contributed by atoms with E-state index in [0.717, 1.165) is 50.0 Å². The summed E-state index contributed by atoms with van der Waals surface area (Å²) in [6.45, 7) is 8.26. The fourth-order valence-electron chi connectivity index (χ4n) is 2.81. The third kappa shape index (κ3) is 4.96. The zero-order chi connectivity index (χ0) is 15.1. The van der Waals surface area contributed by atoms with E-state index in [1.54, 1.807) is 6.07 Å². The number of benzene rings is 1. The number of aromatic hydroxyl groups is 1. The lowest BCUT2D eigenvalue weighted by Crippen LogP contribution is -2.46. The lowest BCUT2D eigenvalue weighted by molar-refractivity contribution is 0.266. The van der Waals surface area contributed by atoms with Gasteiger partial charge in [0, 0.05) is 26.2 Å². The van der Waals surface area contributed by atoms with Crippen molar-refractivity contribution in [3.63, 3.8) is 0 Å². The molecule has 0 spiro atoms. The van der Waals surface area contributed by atoms with Crippen molar-refractivity contribution in [1.82, 2.24) is 10.2 Å². The molecule has 4 nitrogen and oxygen atoms in total. The number of hydrogen-bond donors (Lipinski definition) is 2. The highest BCUT2D eigenvalue weighted by Gasteiger charge is 2.18. The summed E-state index contributed by atoms with van der Waals surface area (Å²) in [6.07, 6.45) is 3.42. The van der Waals surface area contributed by atoms with Crippen molar-refractivity contribution in [3.05, 3.63) is 29.8 Å². The maximum atomic E-state index is 9.48. The Bertz CT molecular complexity index is 473. The van der Waals surface area contributed by atoms with E-state index < -0.39 is 0 Å². The minimum atomic E-state index is 0.327. The molecule has 1 fully saturated rings. The van der Waals surface area contributed by atoms with Crippen molar-refractivity contribution in [2.24, 2.45) is 10.9 Å². The fraction of sp³-hybridized carbons (Fsp3) is 0.588. The maximum absolute atomic E-state index is 9.48. The summed E-state index contributed by atoms with van der Waals surface area (Å²) in [5.41, 5.74) is 1.13. The number of aliphatic imine (C=N–C) groups is 1. The Balaban J connectivity index is 1.94. The Morgan fingerprint density at radius 2 is 2.33 bits per heavy atom. The van der Waals surface area contributed by atoms with Crippen LogP contribution in [-0.4, -0.2) is 42.1 Å². The third-order valence-corrected chi connectivity index (χ3v) is 3.86. The molecule has 4 heteroatoms. The van der Waals surface area contributed by atoms with Crippen LogP contribution in [0.3, 0.4) is 0 Å². The summed E-state index contributed by atoms with van der Waals surface area (Å²) in [4.78, 5) is 7.12. The molecule has 2 rings (SSSR count). The number of guanidine groups is 1. The van der Waals surface area contributed by atoms with E-state index in [9.17, 15) is 5.11 Å². The first-order valence-corrected chi connectivity index (χ1v) is 8.00. The quantitative estimate of drug-likeness (QED) is 0.662. The topological polar surface area (TPSA) is 47.9 Å². The molecule has 0 amide bonds. The lowest BCUT2D eigenvalue weighted by Gasteiger charge is -2.33. The minimum Gasteiger partial charge on any atom is -0.508 e. The van der Waals surface area contributed by atoms with E-state index in [1.807, 2.05) is 18.2 Å². The number of nitrogens with one attached hydrogen (secondary N) is 1. The van der Waals surface area contributed by atoms with E-state index in [0.29, 0.717) is 5.75 Å². The fourth-order valence-corrected chi connectivity index (χ4v) is 2.81. The normalized spacial score (nSPS) is 19.6. The van der Waals surface area contributed by atoms with Crippen molar-refractivity contribution < 1.29 is 5.11 Å². The van der Waals surface area contributed by atoms with Gasteiger partial charge in [-0.2, -0.15) is 0 Å². The molecular formula is C17H27N3O. The van der Waals surface area contributed by atoms with Gasteiger partial charge in [-0.05, 0) is 49.8 Å². The third-order valence-electron chi connectivity index (χ3n) is 3.86. The van der Waals surface area contributed by atoms with Gasteiger partial charge in [0.05, 0.1) is 0 Å². The van der Waals surface area contributed by atoms with E-state index in [-0.39, 0.29) is 0 Å². The van der Waals surface area contributed by atoms with Gasteiger partial charge in [0.2, 0.25) is 0 Å². The van der Waals surface area contributed by atoms with E-state index in [2.05, 4.69) is 24.1 Å². The van der Waals surface area contributed by atoms with Crippen molar-refractivity contribution in [1.29, 1.82) is 0 Å². The Morgan fingerprint density at radius 3 is 3.05 bits per heavy atom. The van der Waals surface area contributed by atoms with Crippen LogP contribution in [-0.2, 0) is 6.42 Å². The van der Waals surface area contributed by atoms with E-state index in [1.165, 1.54) is 12.8 Å². The van der Waals surface area contributed by atoms with Crippen LogP contribution < -0.4 is 5.32 Å². The first kappa shape index (κ1) is 15.7. The number of hydrogen-bond acceptors (Lipinski definition) is 2. The summed E-state index contributed by atoms with van der Waals surface area (Å²) in [7, 11) is 0. The predicted molar refractivity (Wildman–Crippen MR) is 87.8 cm³/mol. The van der Waals surface area contributed by atoms with Gasteiger partial charge in [0.25, 0.3) is 0 Å². The first-order valence-electron chi connectivity index (χ1n) is 8.00. The Kier molecular flexibility index (Phi) is 5.90. The second-order valence-corrected chi connectivity index (χ2v) is 5.85. The largest absolute Gasteiger partial charge is 0.508 e. The van der Waals surface area contributed by atoms with Gasteiger partial charge in [-0.1, -0.05) is 19.1 Å². The van der Waals surface area contributed by atoms with E-state index in [4.69, 9.17) is 4.99 Å². The van der Waals surface area contributed by atoms with Crippen LogP contribution in [0.15, 0.2) is 29.3 Å². The summed E-state index contributed by atoms with van der Waals surface area (Å²) in [5, 5.41) is 12.9. The molecule has 1 unspecified atom stereocenters. The second kappa shape index (κ2) is 7.91. The number of piperidine rings is 1. The number of nitrogens with zero attached hydrogens (tertiary/aromatic N) is 2. The molecule has 2 N–H and O–H groups in total. The van der Waals surface area contributed by atoms with Gasteiger partial charge in [-0.15, -0.1) is 0 Å². The predicted octanol–water partition coefficient (Wildman–Crippen LogP) is 2.63. The molecule has 0 aliphatic carbocycles. The highest BCUT2D eigenvalue weighted by atomic mass is 16.3. The van der Waals surface area contributed by atoms with Crippen LogP contribution in [0.2, 0.25) is 0 Å². The number of rotatable bonds is 4. The lowest BCUT2D eigenvalue weighted by atomic mass is 10.0. The molecule has 1 saturated heterocycles. The molecule has 1 aliphatic heterocycles. The highest BCUT2D eigenvalue weighted by Crippen LogP contribution is 2.15. The second-order valence-electron chi connectivity index (χ2n) is 5.85. The number of phenolic OH excluding ortho intramolecular Hbond substituents is 1. The van der Waals surface area contributed by atoms with Crippen molar-refractivity contribution in [2.75, 3.05) is 26.2 Å². The van der Waals surface area contributed by atoms with Gasteiger partial charge in [-0.25, -0.2) is 0 Å². The van der Waals surface area contributed by atoms with Crippen LogP contribution in [0.4, 0.5) is 0 Å². The van der Waals surface area contributed by atoms with Crippen LogP contribution >= 0.6 is 0 Å². The molecule has 1 atom stereocenters. The van der Waals surface area contributed by atoms with Gasteiger partial charge in [0.15, 0.2) is 5.96 Å². The van der Waals surface area contributed by atoms with Crippen LogP contribution in [0, 0.1) is 5.92 Å². The van der Waals surface area contributed by atoms with Gasteiger partial charge < -0.3 is 15.3 Å². The van der Waals surface area contributed by atoms with E-state index >= 15 is 0 Å². The summed E-state index contributed by atoms with van der Waals surface area (Å²) < 4.78 is 0. The molecular weight excluding hydrogens is 262 g/mol. The number of phenols is 1. The summed E-state index contributed by atoms with van der Waals surface area (Å²) in [6, 6.07) is 7.42. The SMILES string of the molecule is CCNC(=NCCc1cccc(O)c1)N1CCCC(C)C1. The Morgan fingerprint density at radius 1 is 1.48 bits per heavy atom. The average Bonchev–Trinajstić information content (AvgIpc) is 2.46. The van der Waals surface area contributed by atoms with Crippen LogP contribution in [0.5, 0.6) is 5.75 Å². The summed E-state index contributed by atoms with van der Waals surface area (Å²) in [5.74, 6) is 2.10. The molecule has 1 aromatic carbocycles. The van der Waals surface area contributed by atoms with Gasteiger partial charge in [0.1, 0.15) is 5.75 Å². The molecule has 0 bridgehead atoms. The zero-order valence-corrected chi connectivity index (χ0v) is 13.2. The average molecular weight is 289 g/mol. The smallest absolute Gasteiger partial charge is 0.193 e. The van der Waals surface area contributed by atoms with Crippen LogP contribution in [0.1, 0.15) is 32.3 Å². The molecule has 1 heterocycles. The molecule has 0 aromatic heterocycles. The monoisotopic (exact) mass is 289 g/mol. The van der Waals surface area contributed by atoms with Crippen molar-refractivity contribution >= 4 is 5.96 Å². The molecule has 0 saturated carbocycles. The molecule has 21 heavy (non-hydrogen) atoms. The molecule has 0 radical (unpaired) electrons. The highest BCUT2D eigenvalue weighted by molar-refractivity contribution is 5.80. The molecule has 1 aromatic rings. The molecule has 116 valence electrons. The van der Waals surface area contributed by atoms with Crippen molar-refractivity contribution in [2.45, 2.75) is 33.1 Å².